The smallest absolute Gasteiger partial charge is 0.183 e. The van der Waals surface area contributed by atoms with E-state index in [1.807, 2.05) is 0 Å². The van der Waals surface area contributed by atoms with Gasteiger partial charge in [-0.15, -0.1) is 11.8 Å². The molecule has 1 aromatic rings. The molecule has 0 radical (unpaired) electrons. The van der Waals surface area contributed by atoms with Gasteiger partial charge in [-0.2, -0.15) is 5.10 Å². The van der Waals surface area contributed by atoms with Gasteiger partial charge in [0.15, 0.2) is 5.78 Å². The molecule has 1 heterocycles. The fourth-order valence-corrected chi connectivity index (χ4v) is 0.993. The lowest BCUT2D eigenvalue weighted by Gasteiger charge is -1.91. The van der Waals surface area contributed by atoms with E-state index in [0.717, 1.165) is 0 Å². The molecule has 0 aliphatic rings. The average Bonchev–Trinajstić information content (AvgIpc) is 2.52. The van der Waals surface area contributed by atoms with Crippen molar-refractivity contribution in [2.24, 2.45) is 7.05 Å². The van der Waals surface area contributed by atoms with Crippen LogP contribution in [0.2, 0.25) is 0 Å². The van der Waals surface area contributed by atoms with Crippen molar-refractivity contribution < 1.29 is 4.79 Å². The maximum absolute atomic E-state index is 11.4. The van der Waals surface area contributed by atoms with Crippen LogP contribution in [0.25, 0.3) is 0 Å². The van der Waals surface area contributed by atoms with Crippen LogP contribution in [0.1, 0.15) is 30.3 Å². The number of aryl methyl sites for hydroxylation is 1. The molecular weight excluding hydrogens is 164 g/mol. The first-order chi connectivity index (χ1) is 6.24. The Labute approximate surface area is 77.8 Å². The molecule has 1 aromatic heterocycles. The second-order valence-corrected chi connectivity index (χ2v) is 2.72. The summed E-state index contributed by atoms with van der Waals surface area (Å²) in [6, 6.07) is 1.72. The van der Waals surface area contributed by atoms with Gasteiger partial charge in [0, 0.05) is 26.1 Å². The molecule has 0 aliphatic carbocycles. The van der Waals surface area contributed by atoms with E-state index in [0.29, 0.717) is 18.5 Å². The van der Waals surface area contributed by atoms with E-state index in [1.165, 1.54) is 0 Å². The van der Waals surface area contributed by atoms with Crippen LogP contribution in [-0.4, -0.2) is 15.6 Å². The van der Waals surface area contributed by atoms with Crippen LogP contribution >= 0.6 is 0 Å². The number of carbonyl (C=O) groups excluding carboxylic acids is 1. The van der Waals surface area contributed by atoms with Crippen LogP contribution in [0.4, 0.5) is 0 Å². The SMILES string of the molecule is CC#CCCC(=O)c1ccn(C)n1. The predicted molar refractivity (Wildman–Crippen MR) is 50.2 cm³/mol. The van der Waals surface area contributed by atoms with Gasteiger partial charge < -0.3 is 0 Å². The van der Waals surface area contributed by atoms with Crippen molar-refractivity contribution in [3.05, 3.63) is 18.0 Å². The minimum Gasteiger partial charge on any atom is -0.292 e. The van der Waals surface area contributed by atoms with Crippen LogP contribution in [-0.2, 0) is 7.05 Å². The molecule has 1 rings (SSSR count). The molecule has 0 saturated heterocycles. The van der Waals surface area contributed by atoms with E-state index in [9.17, 15) is 4.79 Å². The Morgan fingerprint density at radius 3 is 3.00 bits per heavy atom. The molecule has 0 aromatic carbocycles. The van der Waals surface area contributed by atoms with Gasteiger partial charge in [0.05, 0.1) is 0 Å². The van der Waals surface area contributed by atoms with Gasteiger partial charge >= 0.3 is 0 Å². The number of hydrogen-bond acceptors (Lipinski definition) is 2. The summed E-state index contributed by atoms with van der Waals surface area (Å²) in [6.45, 7) is 1.77. The molecule has 0 spiro atoms. The topological polar surface area (TPSA) is 34.9 Å². The Morgan fingerprint density at radius 1 is 1.69 bits per heavy atom. The molecule has 3 nitrogen and oxygen atoms in total. The zero-order valence-electron chi connectivity index (χ0n) is 7.87. The third kappa shape index (κ3) is 2.75. The highest BCUT2D eigenvalue weighted by Crippen LogP contribution is 2.01. The third-order valence-electron chi connectivity index (χ3n) is 1.65. The molecule has 0 amide bonds. The first-order valence-electron chi connectivity index (χ1n) is 4.16. The lowest BCUT2D eigenvalue weighted by Crippen LogP contribution is -2.00. The number of aromatic nitrogens is 2. The lowest BCUT2D eigenvalue weighted by molar-refractivity contribution is 0.0979. The van der Waals surface area contributed by atoms with Gasteiger partial charge in [0.2, 0.25) is 0 Å². The zero-order chi connectivity index (χ0) is 9.68. The van der Waals surface area contributed by atoms with E-state index in [1.54, 1.807) is 30.9 Å². The molecule has 0 fully saturated rings. The fourth-order valence-electron chi connectivity index (χ4n) is 0.993. The summed E-state index contributed by atoms with van der Waals surface area (Å²) in [5.41, 5.74) is 0.528. The van der Waals surface area contributed by atoms with E-state index in [2.05, 4.69) is 16.9 Å². The van der Waals surface area contributed by atoms with Crippen LogP contribution in [0.5, 0.6) is 0 Å². The molecule has 0 saturated carbocycles. The predicted octanol–water partition coefficient (Wildman–Crippen LogP) is 1.41. The molecule has 3 heteroatoms. The summed E-state index contributed by atoms with van der Waals surface area (Å²) in [5.74, 6) is 5.66. The van der Waals surface area contributed by atoms with Crippen LogP contribution < -0.4 is 0 Å². The van der Waals surface area contributed by atoms with Gasteiger partial charge in [-0.05, 0) is 13.0 Å². The van der Waals surface area contributed by atoms with E-state index < -0.39 is 0 Å². The average molecular weight is 176 g/mol. The van der Waals surface area contributed by atoms with Gasteiger partial charge in [-0.25, -0.2) is 0 Å². The fraction of sp³-hybridized carbons (Fsp3) is 0.400. The van der Waals surface area contributed by atoms with Crippen molar-refractivity contribution in [3.8, 4) is 11.8 Å². The highest BCUT2D eigenvalue weighted by molar-refractivity contribution is 5.94. The number of nitrogens with zero attached hydrogens (tertiary/aromatic N) is 2. The largest absolute Gasteiger partial charge is 0.292 e. The summed E-state index contributed by atoms with van der Waals surface area (Å²) in [7, 11) is 1.79. The Bertz CT molecular complexity index is 354. The van der Waals surface area contributed by atoms with Crippen molar-refractivity contribution in [3.63, 3.8) is 0 Å². The summed E-state index contributed by atoms with van der Waals surface area (Å²) in [6.07, 6.45) is 2.84. The van der Waals surface area contributed by atoms with E-state index >= 15 is 0 Å². The van der Waals surface area contributed by atoms with Gasteiger partial charge in [0.25, 0.3) is 0 Å². The zero-order valence-corrected chi connectivity index (χ0v) is 7.87. The minimum atomic E-state index is 0.0587. The Hall–Kier alpha value is -1.56. The summed E-state index contributed by atoms with van der Waals surface area (Å²) in [4.78, 5) is 11.4. The standard InChI is InChI=1S/C10H12N2O/c1-3-4-5-6-10(13)9-7-8-12(2)11-9/h7-8H,5-6H2,1-2H3. The maximum atomic E-state index is 11.4. The summed E-state index contributed by atoms with van der Waals surface area (Å²) < 4.78 is 1.62. The second kappa shape index (κ2) is 4.46. The highest BCUT2D eigenvalue weighted by Gasteiger charge is 2.06. The molecule has 68 valence electrons. The van der Waals surface area contributed by atoms with E-state index in [-0.39, 0.29) is 5.78 Å². The normalized spacial score (nSPS) is 9.08. The number of ketones is 1. The van der Waals surface area contributed by atoms with Crippen molar-refractivity contribution in [2.75, 3.05) is 0 Å². The molecule has 13 heavy (non-hydrogen) atoms. The summed E-state index contributed by atoms with van der Waals surface area (Å²) in [5, 5.41) is 4.01. The van der Waals surface area contributed by atoms with Crippen molar-refractivity contribution >= 4 is 5.78 Å². The molecule has 0 aliphatic heterocycles. The number of Topliss-reactive ketones (excluding diaryl/α,β-unsaturated/α-hetero) is 1. The van der Waals surface area contributed by atoms with Crippen molar-refractivity contribution in [1.29, 1.82) is 0 Å². The van der Waals surface area contributed by atoms with E-state index in [4.69, 9.17) is 0 Å². The number of rotatable bonds is 3. The van der Waals surface area contributed by atoms with Crippen molar-refractivity contribution in [1.82, 2.24) is 9.78 Å². The first kappa shape index (κ1) is 9.53. The molecule has 0 bridgehead atoms. The second-order valence-electron chi connectivity index (χ2n) is 2.72. The first-order valence-corrected chi connectivity index (χ1v) is 4.16. The van der Waals surface area contributed by atoms with Crippen LogP contribution in [0, 0.1) is 11.8 Å². The minimum absolute atomic E-state index is 0.0587. The number of carbonyl (C=O) groups is 1. The Morgan fingerprint density at radius 2 is 2.46 bits per heavy atom. The molecule has 0 atom stereocenters. The monoisotopic (exact) mass is 176 g/mol. The van der Waals surface area contributed by atoms with Crippen LogP contribution in [0.15, 0.2) is 12.3 Å². The highest BCUT2D eigenvalue weighted by atomic mass is 16.1. The lowest BCUT2D eigenvalue weighted by atomic mass is 10.2. The van der Waals surface area contributed by atoms with Crippen molar-refractivity contribution in [2.45, 2.75) is 19.8 Å². The maximum Gasteiger partial charge on any atom is 0.183 e. The number of hydrogen-bond donors (Lipinski definition) is 0. The van der Waals surface area contributed by atoms with Gasteiger partial charge in [-0.3, -0.25) is 9.48 Å². The van der Waals surface area contributed by atoms with Gasteiger partial charge in [-0.1, -0.05) is 0 Å². The molecular formula is C10H12N2O. The quantitative estimate of drug-likeness (QED) is 0.515. The summed E-state index contributed by atoms with van der Waals surface area (Å²) >= 11 is 0. The molecule has 0 unspecified atom stereocenters. The Kier molecular flexibility index (Phi) is 3.27. The molecule has 0 N–H and O–H groups in total. The van der Waals surface area contributed by atoms with Gasteiger partial charge in [0.1, 0.15) is 5.69 Å². The van der Waals surface area contributed by atoms with Crippen LogP contribution in [0.3, 0.4) is 0 Å². The Balaban J connectivity index is 2.52. The third-order valence-corrected chi connectivity index (χ3v) is 1.65.